The Balaban J connectivity index is 3.20. The molecule has 0 saturated heterocycles. The topological polar surface area (TPSA) is 0 Å². The molecule has 0 fully saturated rings. The Bertz CT molecular complexity index is 294. The normalized spacial score (nSPS) is 9.73. The molecule has 0 nitrogen and oxygen atoms in total. The van der Waals surface area contributed by atoms with Crippen molar-refractivity contribution in [1.82, 2.24) is 0 Å². The number of hydrogen-bond donors (Lipinski definition) is 0. The average Bonchev–Trinajstić information content (AvgIpc) is 1.85. The van der Waals surface area contributed by atoms with E-state index in [0.717, 1.165) is 4.47 Å². The van der Waals surface area contributed by atoms with Crippen molar-refractivity contribution in [3.63, 3.8) is 0 Å². The summed E-state index contributed by atoms with van der Waals surface area (Å²) >= 11 is 6.27. The van der Waals surface area contributed by atoms with E-state index in [1.165, 1.54) is 6.07 Å². The first kappa shape index (κ1) is 8.94. The van der Waals surface area contributed by atoms with Crippen LogP contribution in [0.1, 0.15) is 5.56 Å². The summed E-state index contributed by atoms with van der Waals surface area (Å²) in [5, 5.41) is 0. The average molecular weight is 280 g/mol. The van der Waals surface area contributed by atoms with Crippen LogP contribution in [0, 0.1) is 5.82 Å². The van der Waals surface area contributed by atoms with Crippen LogP contribution in [-0.4, -0.2) is 0 Å². The Labute approximate surface area is 81.4 Å². The third-order valence-corrected chi connectivity index (χ3v) is 2.14. The summed E-state index contributed by atoms with van der Waals surface area (Å²) in [6.45, 7) is 3.58. The molecule has 0 radical (unpaired) electrons. The fourth-order valence-corrected chi connectivity index (χ4v) is 1.36. The van der Waals surface area contributed by atoms with Crippen molar-refractivity contribution in [2.24, 2.45) is 0 Å². The molecule has 0 aliphatic carbocycles. The zero-order valence-electron chi connectivity index (χ0n) is 5.57. The molecule has 0 aliphatic heterocycles. The van der Waals surface area contributed by atoms with E-state index >= 15 is 0 Å². The predicted octanol–water partition coefficient (Wildman–Crippen LogP) is 3.95. The highest BCUT2D eigenvalue weighted by atomic mass is 79.9. The van der Waals surface area contributed by atoms with Gasteiger partial charge in [-0.25, -0.2) is 4.39 Å². The van der Waals surface area contributed by atoms with Crippen molar-refractivity contribution >= 4 is 36.3 Å². The second-order valence-electron chi connectivity index (χ2n) is 2.03. The largest absolute Gasteiger partial charge is 0.206 e. The zero-order chi connectivity index (χ0) is 8.43. The number of rotatable bonds is 1. The van der Waals surface area contributed by atoms with E-state index in [9.17, 15) is 4.39 Å². The highest BCUT2D eigenvalue weighted by Crippen LogP contribution is 2.24. The van der Waals surface area contributed by atoms with Gasteiger partial charge in [0.2, 0.25) is 0 Å². The minimum Gasteiger partial charge on any atom is -0.206 e. The van der Waals surface area contributed by atoms with E-state index in [4.69, 9.17) is 0 Å². The summed E-state index contributed by atoms with van der Waals surface area (Å²) in [5.74, 6) is -0.277. The maximum atomic E-state index is 13.0. The molecule has 11 heavy (non-hydrogen) atoms. The quantitative estimate of drug-likeness (QED) is 0.730. The minimum atomic E-state index is -0.277. The molecule has 0 amide bonds. The molecular formula is C8H5Br2F. The van der Waals surface area contributed by atoms with E-state index in [0.29, 0.717) is 10.0 Å². The molecule has 1 aromatic carbocycles. The van der Waals surface area contributed by atoms with Crippen LogP contribution in [-0.2, 0) is 0 Å². The molecule has 3 heteroatoms. The fourth-order valence-electron chi connectivity index (χ4n) is 0.709. The van der Waals surface area contributed by atoms with Crippen LogP contribution in [0.25, 0.3) is 4.48 Å². The zero-order valence-corrected chi connectivity index (χ0v) is 8.75. The maximum absolute atomic E-state index is 13.0. The van der Waals surface area contributed by atoms with Crippen molar-refractivity contribution in [3.05, 3.63) is 40.6 Å². The van der Waals surface area contributed by atoms with Gasteiger partial charge < -0.3 is 0 Å². The molecule has 0 spiro atoms. The van der Waals surface area contributed by atoms with E-state index < -0.39 is 0 Å². The van der Waals surface area contributed by atoms with Crippen LogP contribution < -0.4 is 0 Å². The third kappa shape index (κ3) is 2.14. The maximum Gasteiger partial charge on any atom is 0.132 e. The van der Waals surface area contributed by atoms with Crippen LogP contribution in [0.5, 0.6) is 0 Å². The van der Waals surface area contributed by atoms with Gasteiger partial charge in [0.25, 0.3) is 0 Å². The van der Waals surface area contributed by atoms with Gasteiger partial charge in [-0.15, -0.1) is 0 Å². The molecule has 0 unspecified atom stereocenters. The lowest BCUT2D eigenvalue weighted by atomic mass is 10.2. The Morgan fingerprint density at radius 3 is 2.55 bits per heavy atom. The van der Waals surface area contributed by atoms with Crippen molar-refractivity contribution in [2.45, 2.75) is 0 Å². The van der Waals surface area contributed by atoms with Crippen molar-refractivity contribution in [1.29, 1.82) is 0 Å². The molecule has 0 N–H and O–H groups in total. The summed E-state index contributed by atoms with van der Waals surface area (Å²) < 4.78 is 14.3. The Morgan fingerprint density at radius 1 is 1.45 bits per heavy atom. The van der Waals surface area contributed by atoms with Gasteiger partial charge >= 0.3 is 0 Å². The molecule has 1 aromatic rings. The van der Waals surface area contributed by atoms with Gasteiger partial charge in [0, 0.05) is 14.5 Å². The number of halogens is 3. The van der Waals surface area contributed by atoms with Gasteiger partial charge in [0.15, 0.2) is 0 Å². The van der Waals surface area contributed by atoms with Crippen LogP contribution in [0.2, 0.25) is 0 Å². The summed E-state index contributed by atoms with van der Waals surface area (Å²) in [7, 11) is 0. The number of hydrogen-bond acceptors (Lipinski definition) is 0. The van der Waals surface area contributed by atoms with Crippen LogP contribution in [0.4, 0.5) is 4.39 Å². The first-order chi connectivity index (χ1) is 5.11. The molecule has 0 atom stereocenters. The van der Waals surface area contributed by atoms with E-state index in [1.54, 1.807) is 12.1 Å². The Morgan fingerprint density at radius 2 is 2.09 bits per heavy atom. The molecule has 0 heterocycles. The standard InChI is InChI=1S/C8H5Br2F/c1-5(9)7-3-2-6(10)4-8(7)11/h2-4H,1H2. The molecule has 0 aromatic heterocycles. The third-order valence-electron chi connectivity index (χ3n) is 1.22. The lowest BCUT2D eigenvalue weighted by molar-refractivity contribution is 0.624. The van der Waals surface area contributed by atoms with Gasteiger partial charge in [0.05, 0.1) is 0 Å². The summed E-state index contributed by atoms with van der Waals surface area (Å²) in [5.41, 5.74) is 0.494. The molecular weight excluding hydrogens is 275 g/mol. The molecule has 1 rings (SSSR count). The Kier molecular flexibility index (Phi) is 2.84. The minimum absolute atomic E-state index is 0.277. The van der Waals surface area contributed by atoms with Gasteiger partial charge in [-0.1, -0.05) is 38.4 Å². The van der Waals surface area contributed by atoms with Gasteiger partial charge in [-0.05, 0) is 18.2 Å². The first-order valence-corrected chi connectivity index (χ1v) is 4.49. The van der Waals surface area contributed by atoms with Crippen LogP contribution in [0.3, 0.4) is 0 Å². The smallest absolute Gasteiger partial charge is 0.132 e. The van der Waals surface area contributed by atoms with E-state index in [1.807, 2.05) is 0 Å². The second-order valence-corrected chi connectivity index (χ2v) is 3.90. The summed E-state index contributed by atoms with van der Waals surface area (Å²) in [4.78, 5) is 0. The molecule has 0 saturated carbocycles. The molecule has 0 aliphatic rings. The van der Waals surface area contributed by atoms with Crippen LogP contribution in [0.15, 0.2) is 29.3 Å². The highest BCUT2D eigenvalue weighted by Gasteiger charge is 2.02. The lowest BCUT2D eigenvalue weighted by Gasteiger charge is -1.99. The highest BCUT2D eigenvalue weighted by molar-refractivity contribution is 9.15. The monoisotopic (exact) mass is 278 g/mol. The summed E-state index contributed by atoms with van der Waals surface area (Å²) in [6.07, 6.45) is 0. The first-order valence-electron chi connectivity index (χ1n) is 2.91. The summed E-state index contributed by atoms with van der Waals surface area (Å²) in [6, 6.07) is 4.84. The van der Waals surface area contributed by atoms with Crippen LogP contribution >= 0.6 is 31.9 Å². The lowest BCUT2D eigenvalue weighted by Crippen LogP contribution is -1.82. The Hall–Kier alpha value is -0.150. The fraction of sp³-hybridized carbons (Fsp3) is 0. The van der Waals surface area contributed by atoms with E-state index in [-0.39, 0.29) is 5.82 Å². The van der Waals surface area contributed by atoms with E-state index in [2.05, 4.69) is 38.4 Å². The van der Waals surface area contributed by atoms with Crippen molar-refractivity contribution < 1.29 is 4.39 Å². The molecule has 0 bridgehead atoms. The second kappa shape index (κ2) is 3.50. The number of benzene rings is 1. The molecule has 58 valence electrons. The predicted molar refractivity (Wildman–Crippen MR) is 52.1 cm³/mol. The van der Waals surface area contributed by atoms with Gasteiger partial charge in [-0.3, -0.25) is 0 Å². The SMILES string of the molecule is C=C(Br)c1ccc(Br)cc1F. The van der Waals surface area contributed by atoms with Gasteiger partial charge in [0.1, 0.15) is 5.82 Å². The van der Waals surface area contributed by atoms with Crippen molar-refractivity contribution in [2.75, 3.05) is 0 Å². The van der Waals surface area contributed by atoms with Crippen molar-refractivity contribution in [3.8, 4) is 0 Å². The van der Waals surface area contributed by atoms with Gasteiger partial charge in [-0.2, -0.15) is 0 Å².